The van der Waals surface area contributed by atoms with Gasteiger partial charge < -0.3 is 25.0 Å². The van der Waals surface area contributed by atoms with Gasteiger partial charge in [0, 0.05) is 51.6 Å². The van der Waals surface area contributed by atoms with Gasteiger partial charge in [-0.25, -0.2) is 13.8 Å². The lowest BCUT2D eigenvalue weighted by molar-refractivity contribution is 0.143. The summed E-state index contributed by atoms with van der Waals surface area (Å²) in [6.07, 6.45) is 2.42. The van der Waals surface area contributed by atoms with Crippen LogP contribution in [0.4, 0.5) is 14.5 Å². The Labute approximate surface area is 175 Å². The fraction of sp³-hybridized carbons (Fsp3) is 0.429. The Morgan fingerprint density at radius 2 is 2.03 bits per heavy atom. The number of rotatable bonds is 8. The predicted octanol–water partition coefficient (Wildman–Crippen LogP) is 2.33. The molecule has 3 rings (SSSR count). The van der Waals surface area contributed by atoms with Gasteiger partial charge in [0.25, 0.3) is 0 Å². The highest BCUT2D eigenvalue weighted by Crippen LogP contribution is 2.26. The first kappa shape index (κ1) is 21.8. The largest absolute Gasteiger partial charge is 0.475 e. The number of ether oxygens (including phenoxy) is 2. The minimum atomic E-state index is -0.546. The number of anilines is 1. The zero-order valence-electron chi connectivity index (χ0n) is 17.2. The molecule has 0 radical (unpaired) electrons. The highest BCUT2D eigenvalue weighted by molar-refractivity contribution is 5.80. The second kappa shape index (κ2) is 10.7. The van der Waals surface area contributed by atoms with E-state index in [1.807, 2.05) is 12.1 Å². The molecule has 0 bridgehead atoms. The van der Waals surface area contributed by atoms with Crippen molar-refractivity contribution < 1.29 is 18.3 Å². The maximum Gasteiger partial charge on any atom is 0.218 e. The molecular weight excluding hydrogens is 392 g/mol. The van der Waals surface area contributed by atoms with Crippen LogP contribution in [0, 0.1) is 11.6 Å². The van der Waals surface area contributed by atoms with Crippen molar-refractivity contribution in [1.82, 2.24) is 15.6 Å². The Morgan fingerprint density at radius 1 is 1.23 bits per heavy atom. The molecule has 1 atom stereocenters. The molecule has 2 N–H and O–H groups in total. The third-order valence-electron chi connectivity index (χ3n) is 4.83. The van der Waals surface area contributed by atoms with Crippen LogP contribution in [0.1, 0.15) is 12.0 Å². The summed E-state index contributed by atoms with van der Waals surface area (Å²) in [5, 5.41) is 6.56. The van der Waals surface area contributed by atoms with Crippen LogP contribution in [-0.4, -0.2) is 57.4 Å². The first-order chi connectivity index (χ1) is 14.6. The molecule has 1 unspecified atom stereocenters. The van der Waals surface area contributed by atoms with E-state index in [-0.39, 0.29) is 11.7 Å². The molecule has 1 aromatic carbocycles. The molecule has 0 spiro atoms. The first-order valence-corrected chi connectivity index (χ1v) is 9.84. The fourth-order valence-corrected chi connectivity index (χ4v) is 3.35. The Morgan fingerprint density at radius 3 is 2.77 bits per heavy atom. The van der Waals surface area contributed by atoms with Crippen molar-refractivity contribution in [1.29, 1.82) is 0 Å². The average molecular weight is 419 g/mol. The van der Waals surface area contributed by atoms with Gasteiger partial charge in [-0.1, -0.05) is 12.1 Å². The molecule has 162 valence electrons. The summed E-state index contributed by atoms with van der Waals surface area (Å²) in [6.45, 7) is 2.41. The number of hydrogen-bond acceptors (Lipinski definition) is 5. The van der Waals surface area contributed by atoms with Crippen molar-refractivity contribution in [2.24, 2.45) is 4.99 Å². The summed E-state index contributed by atoms with van der Waals surface area (Å²) in [7, 11) is 3.29. The van der Waals surface area contributed by atoms with Crippen molar-refractivity contribution in [3.8, 4) is 5.88 Å². The number of nitrogens with zero attached hydrogens (tertiary/aromatic N) is 3. The van der Waals surface area contributed by atoms with E-state index < -0.39 is 11.6 Å². The Bertz CT molecular complexity index is 845. The van der Waals surface area contributed by atoms with Crippen LogP contribution < -0.4 is 20.3 Å². The Balaban J connectivity index is 1.55. The van der Waals surface area contributed by atoms with Gasteiger partial charge in [-0.3, -0.25) is 4.99 Å². The third-order valence-corrected chi connectivity index (χ3v) is 4.83. The highest BCUT2D eigenvalue weighted by atomic mass is 19.1. The molecule has 1 fully saturated rings. The number of hydrogen-bond donors (Lipinski definition) is 2. The lowest BCUT2D eigenvalue weighted by Crippen LogP contribution is -2.44. The van der Waals surface area contributed by atoms with E-state index in [1.54, 1.807) is 25.3 Å². The molecule has 1 aliphatic rings. The van der Waals surface area contributed by atoms with Crippen LogP contribution in [0.5, 0.6) is 5.88 Å². The van der Waals surface area contributed by atoms with E-state index in [4.69, 9.17) is 9.47 Å². The van der Waals surface area contributed by atoms with Gasteiger partial charge in [-0.2, -0.15) is 0 Å². The van der Waals surface area contributed by atoms with Gasteiger partial charge in [-0.15, -0.1) is 0 Å². The van der Waals surface area contributed by atoms with Crippen LogP contribution in [0.15, 0.2) is 41.5 Å². The van der Waals surface area contributed by atoms with Crippen LogP contribution in [0.3, 0.4) is 0 Å². The molecule has 0 amide bonds. The monoisotopic (exact) mass is 419 g/mol. The van der Waals surface area contributed by atoms with Crippen LogP contribution in [-0.2, 0) is 11.3 Å². The molecule has 1 aliphatic heterocycles. The molecule has 1 saturated heterocycles. The van der Waals surface area contributed by atoms with E-state index in [0.29, 0.717) is 44.7 Å². The predicted molar refractivity (Wildman–Crippen MR) is 112 cm³/mol. The molecule has 2 heterocycles. The smallest absolute Gasteiger partial charge is 0.218 e. The van der Waals surface area contributed by atoms with E-state index in [2.05, 4.69) is 20.6 Å². The third kappa shape index (κ3) is 5.56. The van der Waals surface area contributed by atoms with Crippen molar-refractivity contribution in [3.05, 3.63) is 53.7 Å². The minimum absolute atomic E-state index is 0.0153. The molecule has 0 aliphatic carbocycles. The summed E-state index contributed by atoms with van der Waals surface area (Å²) < 4.78 is 38.8. The topological polar surface area (TPSA) is 71.0 Å². The second-order valence-electron chi connectivity index (χ2n) is 6.88. The van der Waals surface area contributed by atoms with Gasteiger partial charge >= 0.3 is 0 Å². The number of benzene rings is 1. The van der Waals surface area contributed by atoms with Gasteiger partial charge in [0.05, 0.1) is 6.61 Å². The SMILES string of the molecule is CN=C(NCc1cccnc1OCCOC)NC1CCN(c2c(F)cccc2F)C1. The normalized spacial score (nSPS) is 16.6. The van der Waals surface area contributed by atoms with Crippen molar-refractivity contribution in [2.75, 3.05) is 45.4 Å². The second-order valence-corrected chi connectivity index (χ2v) is 6.88. The van der Waals surface area contributed by atoms with Crippen molar-refractivity contribution in [2.45, 2.75) is 19.0 Å². The summed E-state index contributed by atoms with van der Waals surface area (Å²) in [5.74, 6) is 0.0496. The van der Waals surface area contributed by atoms with Crippen LogP contribution in [0.2, 0.25) is 0 Å². The molecule has 7 nitrogen and oxygen atoms in total. The lowest BCUT2D eigenvalue weighted by atomic mass is 10.2. The summed E-state index contributed by atoms with van der Waals surface area (Å²) in [4.78, 5) is 10.2. The number of guanidine groups is 1. The zero-order chi connectivity index (χ0) is 21.3. The van der Waals surface area contributed by atoms with Gasteiger partial charge in [0.15, 0.2) is 5.96 Å². The first-order valence-electron chi connectivity index (χ1n) is 9.84. The highest BCUT2D eigenvalue weighted by Gasteiger charge is 2.27. The molecule has 1 aromatic heterocycles. The maximum atomic E-state index is 14.1. The van der Waals surface area contributed by atoms with Crippen molar-refractivity contribution in [3.63, 3.8) is 0 Å². The molecule has 30 heavy (non-hydrogen) atoms. The number of methoxy groups -OCH3 is 1. The summed E-state index contributed by atoms with van der Waals surface area (Å²) in [6, 6.07) is 7.71. The van der Waals surface area contributed by atoms with E-state index in [0.717, 1.165) is 12.0 Å². The molecule has 2 aromatic rings. The summed E-state index contributed by atoms with van der Waals surface area (Å²) >= 11 is 0. The van der Waals surface area contributed by atoms with Crippen molar-refractivity contribution >= 4 is 11.6 Å². The Hall–Kier alpha value is -2.94. The number of halogens is 2. The number of para-hydroxylation sites is 1. The van der Waals surface area contributed by atoms with Gasteiger partial charge in [-0.05, 0) is 24.6 Å². The van der Waals surface area contributed by atoms with Gasteiger partial charge in [0.1, 0.15) is 23.9 Å². The van der Waals surface area contributed by atoms with E-state index >= 15 is 0 Å². The molecule has 0 saturated carbocycles. The standard InChI is InChI=1S/C21H27F2N5O2/c1-24-21(26-13-15-5-4-9-25-20(15)30-12-11-29-2)27-16-8-10-28(14-16)19-17(22)6-3-7-18(19)23/h3-7,9,16H,8,10-14H2,1-2H3,(H2,24,26,27). The number of aromatic nitrogens is 1. The minimum Gasteiger partial charge on any atom is -0.475 e. The molecular formula is C21H27F2N5O2. The number of pyridine rings is 1. The average Bonchev–Trinajstić information content (AvgIpc) is 3.20. The number of nitrogens with one attached hydrogen (secondary N) is 2. The lowest BCUT2D eigenvalue weighted by Gasteiger charge is -2.21. The van der Waals surface area contributed by atoms with Gasteiger partial charge in [0.2, 0.25) is 5.88 Å². The zero-order valence-corrected chi connectivity index (χ0v) is 17.2. The quantitative estimate of drug-likeness (QED) is 0.389. The number of aliphatic imine (C=N–C) groups is 1. The Kier molecular flexibility index (Phi) is 7.78. The van der Waals surface area contributed by atoms with Crippen LogP contribution in [0.25, 0.3) is 0 Å². The molecule has 9 heteroatoms. The van der Waals surface area contributed by atoms with Crippen LogP contribution >= 0.6 is 0 Å². The van der Waals surface area contributed by atoms with E-state index in [9.17, 15) is 8.78 Å². The van der Waals surface area contributed by atoms with E-state index in [1.165, 1.54) is 18.2 Å². The fourth-order valence-electron chi connectivity index (χ4n) is 3.35. The summed E-state index contributed by atoms with van der Waals surface area (Å²) in [5.41, 5.74) is 0.913. The maximum absolute atomic E-state index is 14.1.